The first-order valence-electron chi connectivity index (χ1n) is 6.98. The molecule has 0 saturated carbocycles. The van der Waals surface area contributed by atoms with Gasteiger partial charge in [0.15, 0.2) is 0 Å². The average molecular weight is 352 g/mol. The Morgan fingerprint density at radius 3 is 2.67 bits per heavy atom. The van der Waals surface area contributed by atoms with Crippen molar-refractivity contribution in [3.8, 4) is 5.75 Å². The van der Waals surface area contributed by atoms with Gasteiger partial charge in [-0.3, -0.25) is 0 Å². The van der Waals surface area contributed by atoms with E-state index in [1.165, 1.54) is 12.1 Å². The Morgan fingerprint density at radius 2 is 2.00 bits per heavy atom. The van der Waals surface area contributed by atoms with Crippen molar-refractivity contribution >= 4 is 15.9 Å². The molecule has 0 bridgehead atoms. The van der Waals surface area contributed by atoms with Crippen LogP contribution < -0.4 is 10.1 Å². The number of rotatable bonds is 6. The van der Waals surface area contributed by atoms with Gasteiger partial charge in [-0.05, 0) is 44.2 Å². The Morgan fingerprint density at radius 1 is 1.24 bits per heavy atom. The van der Waals surface area contributed by atoms with Gasteiger partial charge in [-0.1, -0.05) is 40.2 Å². The van der Waals surface area contributed by atoms with Crippen LogP contribution in [0.2, 0.25) is 0 Å². The van der Waals surface area contributed by atoms with Crippen molar-refractivity contribution in [3.63, 3.8) is 0 Å². The maximum absolute atomic E-state index is 13.2. The maximum Gasteiger partial charge on any atom is 0.124 e. The highest BCUT2D eigenvalue weighted by Crippen LogP contribution is 2.29. The fourth-order valence-electron chi connectivity index (χ4n) is 2.33. The lowest BCUT2D eigenvalue weighted by Gasteiger charge is -2.20. The minimum absolute atomic E-state index is 0.106. The quantitative estimate of drug-likeness (QED) is 0.827. The molecule has 0 aliphatic carbocycles. The monoisotopic (exact) mass is 351 g/mol. The van der Waals surface area contributed by atoms with E-state index >= 15 is 0 Å². The lowest BCUT2D eigenvalue weighted by molar-refractivity contribution is 0.332. The van der Waals surface area contributed by atoms with E-state index in [4.69, 9.17) is 4.74 Å². The van der Waals surface area contributed by atoms with Gasteiger partial charge in [0, 0.05) is 16.1 Å². The fourth-order valence-corrected chi connectivity index (χ4v) is 2.84. The van der Waals surface area contributed by atoms with Crippen molar-refractivity contribution in [1.29, 1.82) is 0 Å². The molecule has 1 N–H and O–H groups in total. The molecular weight excluding hydrogens is 333 g/mol. The summed E-state index contributed by atoms with van der Waals surface area (Å²) in [5.41, 5.74) is 2.17. The molecule has 0 heterocycles. The van der Waals surface area contributed by atoms with E-state index in [1.807, 2.05) is 38.2 Å². The molecule has 0 spiro atoms. The molecule has 112 valence electrons. The molecule has 0 radical (unpaired) electrons. The number of hydrogen-bond donors (Lipinski definition) is 1. The second-order valence-electron chi connectivity index (χ2n) is 4.75. The molecule has 0 amide bonds. The van der Waals surface area contributed by atoms with Gasteiger partial charge in [-0.2, -0.15) is 0 Å². The van der Waals surface area contributed by atoms with Gasteiger partial charge >= 0.3 is 0 Å². The highest BCUT2D eigenvalue weighted by atomic mass is 79.9. The first kappa shape index (κ1) is 16.0. The van der Waals surface area contributed by atoms with Crippen molar-refractivity contribution in [1.82, 2.24) is 5.32 Å². The lowest BCUT2D eigenvalue weighted by Crippen LogP contribution is -2.20. The van der Waals surface area contributed by atoms with Crippen LogP contribution in [-0.4, -0.2) is 13.7 Å². The van der Waals surface area contributed by atoms with E-state index < -0.39 is 0 Å². The van der Waals surface area contributed by atoms with Crippen LogP contribution in [0.1, 0.15) is 24.1 Å². The minimum Gasteiger partial charge on any atom is -0.494 e. The van der Waals surface area contributed by atoms with Gasteiger partial charge in [-0.15, -0.1) is 0 Å². The first-order chi connectivity index (χ1) is 10.2. The fraction of sp³-hybridized carbons (Fsp3) is 0.294. The standard InChI is InChI=1S/C17H19BrFNO/c1-3-21-17-7-5-4-6-14(17)16(20-2)10-12-8-9-13(19)11-15(12)18/h4-9,11,16,20H,3,10H2,1-2H3. The van der Waals surface area contributed by atoms with E-state index in [2.05, 4.69) is 27.3 Å². The highest BCUT2D eigenvalue weighted by molar-refractivity contribution is 9.10. The van der Waals surface area contributed by atoms with Crippen LogP contribution in [0, 0.1) is 5.82 Å². The summed E-state index contributed by atoms with van der Waals surface area (Å²) >= 11 is 3.43. The van der Waals surface area contributed by atoms with Crippen LogP contribution in [0.15, 0.2) is 46.9 Å². The summed E-state index contributed by atoms with van der Waals surface area (Å²) in [7, 11) is 1.92. The third kappa shape index (κ3) is 4.05. The Hall–Kier alpha value is -1.39. The number of hydrogen-bond acceptors (Lipinski definition) is 2. The van der Waals surface area contributed by atoms with Gasteiger partial charge in [0.1, 0.15) is 11.6 Å². The van der Waals surface area contributed by atoms with Crippen LogP contribution >= 0.6 is 15.9 Å². The Labute approximate surface area is 133 Å². The van der Waals surface area contributed by atoms with Crippen LogP contribution in [0.3, 0.4) is 0 Å². The molecule has 0 aromatic heterocycles. The molecule has 2 aromatic rings. The summed E-state index contributed by atoms with van der Waals surface area (Å²) in [6.45, 7) is 2.61. The first-order valence-corrected chi connectivity index (χ1v) is 7.78. The van der Waals surface area contributed by atoms with Gasteiger partial charge in [0.05, 0.1) is 6.61 Å². The molecule has 4 heteroatoms. The number of benzene rings is 2. The number of ether oxygens (including phenoxy) is 1. The van der Waals surface area contributed by atoms with Crippen LogP contribution in [0.5, 0.6) is 5.75 Å². The summed E-state index contributed by atoms with van der Waals surface area (Å²) in [5, 5.41) is 3.31. The molecule has 2 aromatic carbocycles. The predicted octanol–water partition coefficient (Wildman–Crippen LogP) is 4.49. The normalized spacial score (nSPS) is 12.2. The van der Waals surface area contributed by atoms with Gasteiger partial charge < -0.3 is 10.1 Å². The molecule has 0 aliphatic rings. The number of nitrogens with one attached hydrogen (secondary N) is 1. The largest absolute Gasteiger partial charge is 0.494 e. The predicted molar refractivity (Wildman–Crippen MR) is 87.2 cm³/mol. The summed E-state index contributed by atoms with van der Waals surface area (Å²) in [6.07, 6.45) is 0.751. The maximum atomic E-state index is 13.2. The zero-order chi connectivity index (χ0) is 15.2. The second kappa shape index (κ2) is 7.57. The third-order valence-corrected chi connectivity index (χ3v) is 4.12. The van der Waals surface area contributed by atoms with Crippen molar-refractivity contribution in [2.24, 2.45) is 0 Å². The van der Waals surface area contributed by atoms with E-state index in [1.54, 1.807) is 0 Å². The van der Waals surface area contributed by atoms with Crippen LogP contribution in [0.4, 0.5) is 4.39 Å². The number of para-hydroxylation sites is 1. The van der Waals surface area contributed by atoms with Gasteiger partial charge in [-0.25, -0.2) is 4.39 Å². The van der Waals surface area contributed by atoms with Gasteiger partial charge in [0.2, 0.25) is 0 Å². The molecule has 0 aliphatic heterocycles. The SMILES string of the molecule is CCOc1ccccc1C(Cc1ccc(F)cc1Br)NC. The average Bonchev–Trinajstić information content (AvgIpc) is 2.48. The Kier molecular flexibility index (Phi) is 5.76. The Bertz CT molecular complexity index is 603. The van der Waals surface area contributed by atoms with Crippen molar-refractivity contribution in [3.05, 3.63) is 63.9 Å². The smallest absolute Gasteiger partial charge is 0.124 e. The molecular formula is C17H19BrFNO. The van der Waals surface area contributed by atoms with Crippen LogP contribution in [0.25, 0.3) is 0 Å². The zero-order valence-electron chi connectivity index (χ0n) is 12.2. The second-order valence-corrected chi connectivity index (χ2v) is 5.61. The summed E-state index contributed by atoms with van der Waals surface area (Å²) < 4.78 is 19.7. The third-order valence-electron chi connectivity index (χ3n) is 3.38. The number of halogens is 2. The van der Waals surface area contributed by atoms with E-state index in [9.17, 15) is 4.39 Å². The van der Waals surface area contributed by atoms with Crippen LogP contribution in [-0.2, 0) is 6.42 Å². The van der Waals surface area contributed by atoms with Gasteiger partial charge in [0.25, 0.3) is 0 Å². The number of likely N-dealkylation sites (N-methyl/N-ethyl adjacent to an activating group) is 1. The molecule has 2 nitrogen and oxygen atoms in total. The topological polar surface area (TPSA) is 21.3 Å². The zero-order valence-corrected chi connectivity index (χ0v) is 13.8. The van der Waals surface area contributed by atoms with E-state index in [-0.39, 0.29) is 11.9 Å². The molecule has 1 unspecified atom stereocenters. The highest BCUT2D eigenvalue weighted by Gasteiger charge is 2.16. The molecule has 2 rings (SSSR count). The van der Waals surface area contributed by atoms with E-state index in [0.717, 1.165) is 27.8 Å². The molecule has 0 fully saturated rings. The summed E-state index contributed by atoms with van der Waals surface area (Å²) in [6, 6.07) is 12.9. The Balaban J connectivity index is 2.27. The van der Waals surface area contributed by atoms with Crippen molar-refractivity contribution in [2.75, 3.05) is 13.7 Å². The molecule has 1 atom stereocenters. The minimum atomic E-state index is -0.235. The van der Waals surface area contributed by atoms with Crippen molar-refractivity contribution < 1.29 is 9.13 Å². The molecule has 21 heavy (non-hydrogen) atoms. The molecule has 0 saturated heterocycles. The van der Waals surface area contributed by atoms with E-state index in [0.29, 0.717) is 6.61 Å². The van der Waals surface area contributed by atoms with Crippen molar-refractivity contribution in [2.45, 2.75) is 19.4 Å². The summed E-state index contributed by atoms with van der Waals surface area (Å²) in [5.74, 6) is 0.652. The summed E-state index contributed by atoms with van der Waals surface area (Å²) in [4.78, 5) is 0. The lowest BCUT2D eigenvalue weighted by atomic mass is 9.98.